The van der Waals surface area contributed by atoms with Crippen LogP contribution in [0.25, 0.3) is 0 Å². The molecule has 1 aliphatic rings. The first-order valence-corrected chi connectivity index (χ1v) is 5.43. The number of carboxylic acids is 1. The number of likely N-dealkylation sites (tertiary alicyclic amines) is 1. The lowest BCUT2D eigenvalue weighted by Gasteiger charge is -2.39. The highest BCUT2D eigenvalue weighted by atomic mass is 19.4. The van der Waals surface area contributed by atoms with E-state index in [1.54, 1.807) is 6.92 Å². The van der Waals surface area contributed by atoms with E-state index in [0.717, 1.165) is 4.90 Å². The second-order valence-corrected chi connectivity index (χ2v) is 4.05. The smallest absolute Gasteiger partial charge is 0.404 e. The van der Waals surface area contributed by atoms with Gasteiger partial charge >= 0.3 is 12.1 Å². The van der Waals surface area contributed by atoms with E-state index in [1.807, 2.05) is 0 Å². The second kappa shape index (κ2) is 5.03. The van der Waals surface area contributed by atoms with Gasteiger partial charge in [-0.1, -0.05) is 13.3 Å². The third-order valence-electron chi connectivity index (χ3n) is 2.99. The minimum atomic E-state index is -4.33. The fourth-order valence-electron chi connectivity index (χ4n) is 2.23. The molecule has 0 aromatic rings. The van der Waals surface area contributed by atoms with Gasteiger partial charge in [-0.3, -0.25) is 9.69 Å². The highest BCUT2D eigenvalue weighted by Gasteiger charge is 2.47. The van der Waals surface area contributed by atoms with Crippen molar-refractivity contribution >= 4 is 5.97 Å². The molecule has 0 aromatic heterocycles. The van der Waals surface area contributed by atoms with Crippen LogP contribution in [0, 0.1) is 0 Å². The minimum absolute atomic E-state index is 0.00722. The van der Waals surface area contributed by atoms with Crippen LogP contribution in [-0.4, -0.2) is 40.8 Å². The Morgan fingerprint density at radius 2 is 2.12 bits per heavy atom. The van der Waals surface area contributed by atoms with Gasteiger partial charge in [-0.25, -0.2) is 0 Å². The van der Waals surface area contributed by atoms with Crippen molar-refractivity contribution in [1.29, 1.82) is 0 Å². The van der Waals surface area contributed by atoms with Crippen LogP contribution in [0.15, 0.2) is 0 Å². The van der Waals surface area contributed by atoms with Gasteiger partial charge in [0.2, 0.25) is 0 Å². The zero-order valence-electron chi connectivity index (χ0n) is 9.13. The molecule has 0 bridgehead atoms. The van der Waals surface area contributed by atoms with Crippen LogP contribution in [0.2, 0.25) is 0 Å². The normalized spacial score (nSPS) is 25.4. The number of carboxylic acid groups (broad SMARTS) is 1. The van der Waals surface area contributed by atoms with Crippen LogP contribution >= 0.6 is 0 Å². The lowest BCUT2D eigenvalue weighted by atomic mass is 9.98. The van der Waals surface area contributed by atoms with E-state index in [-0.39, 0.29) is 19.4 Å². The molecule has 1 aliphatic heterocycles. The number of aliphatic carboxylic acids is 1. The Labute approximate surface area is 92.2 Å². The number of piperidine rings is 1. The molecule has 6 heteroatoms. The summed E-state index contributed by atoms with van der Waals surface area (Å²) in [5.74, 6) is -1.17. The predicted molar refractivity (Wildman–Crippen MR) is 52.1 cm³/mol. The van der Waals surface area contributed by atoms with Crippen LogP contribution in [0.5, 0.6) is 0 Å². The molecule has 16 heavy (non-hydrogen) atoms. The zero-order valence-corrected chi connectivity index (χ0v) is 9.13. The summed E-state index contributed by atoms with van der Waals surface area (Å²) < 4.78 is 38.2. The van der Waals surface area contributed by atoms with Crippen molar-refractivity contribution < 1.29 is 23.1 Å². The molecular formula is C10H16F3NO2. The summed E-state index contributed by atoms with van der Waals surface area (Å²) in [4.78, 5) is 12.0. The minimum Gasteiger partial charge on any atom is -0.480 e. The maximum Gasteiger partial charge on any atom is 0.404 e. The number of alkyl halides is 3. The molecule has 0 amide bonds. The highest BCUT2D eigenvalue weighted by Crippen LogP contribution is 2.33. The van der Waals surface area contributed by atoms with Crippen molar-refractivity contribution in [2.24, 2.45) is 0 Å². The summed E-state index contributed by atoms with van der Waals surface area (Å²) in [6.45, 7) is 1.82. The molecule has 1 N–H and O–H groups in total. The third-order valence-corrected chi connectivity index (χ3v) is 2.99. The fraction of sp³-hybridized carbons (Fsp3) is 0.900. The van der Waals surface area contributed by atoms with E-state index in [1.165, 1.54) is 0 Å². The Hall–Kier alpha value is -0.780. The molecule has 94 valence electrons. The molecule has 1 fully saturated rings. The lowest BCUT2D eigenvalue weighted by Crippen LogP contribution is -2.55. The van der Waals surface area contributed by atoms with Crippen molar-refractivity contribution in [2.45, 2.75) is 50.9 Å². The van der Waals surface area contributed by atoms with Crippen molar-refractivity contribution in [3.8, 4) is 0 Å². The Balaban J connectivity index is 2.84. The van der Waals surface area contributed by atoms with Gasteiger partial charge in [0.1, 0.15) is 12.1 Å². The van der Waals surface area contributed by atoms with E-state index >= 15 is 0 Å². The summed E-state index contributed by atoms with van der Waals surface area (Å²) in [5, 5.41) is 8.90. The van der Waals surface area contributed by atoms with E-state index in [4.69, 9.17) is 5.11 Å². The molecule has 1 saturated heterocycles. The van der Waals surface area contributed by atoms with Crippen LogP contribution in [0.4, 0.5) is 13.2 Å². The Kier molecular flexibility index (Phi) is 4.18. The Morgan fingerprint density at radius 1 is 1.50 bits per heavy atom. The average Bonchev–Trinajstić information content (AvgIpc) is 2.17. The number of halogens is 3. The summed E-state index contributed by atoms with van der Waals surface area (Å²) in [7, 11) is 0. The summed E-state index contributed by atoms with van der Waals surface area (Å²) in [6.07, 6.45) is -2.98. The molecule has 2 unspecified atom stereocenters. The van der Waals surface area contributed by atoms with Gasteiger partial charge < -0.3 is 5.11 Å². The monoisotopic (exact) mass is 239 g/mol. The van der Waals surface area contributed by atoms with Gasteiger partial charge in [-0.2, -0.15) is 13.2 Å². The molecule has 0 aliphatic carbocycles. The molecule has 1 heterocycles. The summed E-state index contributed by atoms with van der Waals surface area (Å²) >= 11 is 0. The number of carbonyl (C=O) groups is 1. The second-order valence-electron chi connectivity index (χ2n) is 4.05. The van der Waals surface area contributed by atoms with E-state index in [9.17, 15) is 18.0 Å². The van der Waals surface area contributed by atoms with E-state index in [2.05, 4.69) is 0 Å². The third kappa shape index (κ3) is 2.87. The summed E-state index contributed by atoms with van der Waals surface area (Å²) in [5.41, 5.74) is 0. The van der Waals surface area contributed by atoms with Gasteiger partial charge in [0, 0.05) is 0 Å². The lowest BCUT2D eigenvalue weighted by molar-refractivity contribution is -0.200. The van der Waals surface area contributed by atoms with Crippen LogP contribution in [0.1, 0.15) is 32.6 Å². The Bertz CT molecular complexity index is 255. The van der Waals surface area contributed by atoms with Crippen molar-refractivity contribution in [1.82, 2.24) is 4.90 Å². The fourth-order valence-corrected chi connectivity index (χ4v) is 2.23. The van der Waals surface area contributed by atoms with Crippen LogP contribution in [0.3, 0.4) is 0 Å². The zero-order chi connectivity index (χ0) is 12.3. The number of hydrogen-bond donors (Lipinski definition) is 1. The topological polar surface area (TPSA) is 40.5 Å². The first kappa shape index (κ1) is 13.3. The molecule has 0 radical (unpaired) electrons. The molecular weight excluding hydrogens is 223 g/mol. The summed E-state index contributed by atoms with van der Waals surface area (Å²) in [6, 6.07) is -2.62. The molecule has 0 aromatic carbocycles. The predicted octanol–water partition coefficient (Wildman–Crippen LogP) is 2.27. The molecule has 1 rings (SSSR count). The Morgan fingerprint density at radius 3 is 2.56 bits per heavy atom. The SMILES string of the molecule is CCC(C(=O)O)N1CCCCC1C(F)(F)F. The van der Waals surface area contributed by atoms with Crippen molar-refractivity contribution in [2.75, 3.05) is 6.54 Å². The average molecular weight is 239 g/mol. The molecule has 0 spiro atoms. The maximum absolute atomic E-state index is 12.7. The van der Waals surface area contributed by atoms with E-state index in [0.29, 0.717) is 12.8 Å². The van der Waals surface area contributed by atoms with Gasteiger partial charge in [0.25, 0.3) is 0 Å². The van der Waals surface area contributed by atoms with Crippen molar-refractivity contribution in [3.05, 3.63) is 0 Å². The number of rotatable bonds is 3. The van der Waals surface area contributed by atoms with E-state index < -0.39 is 24.2 Å². The van der Waals surface area contributed by atoms with Gasteiger partial charge in [0.05, 0.1) is 0 Å². The van der Waals surface area contributed by atoms with Gasteiger partial charge in [-0.15, -0.1) is 0 Å². The molecule has 0 saturated carbocycles. The molecule has 3 nitrogen and oxygen atoms in total. The maximum atomic E-state index is 12.7. The highest BCUT2D eigenvalue weighted by molar-refractivity contribution is 5.73. The van der Waals surface area contributed by atoms with Crippen LogP contribution in [-0.2, 0) is 4.79 Å². The molecule has 2 atom stereocenters. The van der Waals surface area contributed by atoms with Crippen LogP contribution < -0.4 is 0 Å². The standard InChI is InChI=1S/C10H16F3NO2/c1-2-7(9(15)16)14-6-4-3-5-8(14)10(11,12)13/h7-8H,2-6H2,1H3,(H,15,16). The van der Waals surface area contributed by atoms with Gasteiger partial charge in [-0.05, 0) is 25.8 Å². The number of hydrogen-bond acceptors (Lipinski definition) is 2. The number of nitrogens with zero attached hydrogens (tertiary/aromatic N) is 1. The van der Waals surface area contributed by atoms with Gasteiger partial charge in [0.15, 0.2) is 0 Å². The first-order chi connectivity index (χ1) is 7.38. The quantitative estimate of drug-likeness (QED) is 0.821. The van der Waals surface area contributed by atoms with Crippen molar-refractivity contribution in [3.63, 3.8) is 0 Å². The largest absolute Gasteiger partial charge is 0.480 e. The first-order valence-electron chi connectivity index (χ1n) is 5.43.